The molecular formula is C31H42N2O6. The average Bonchev–Trinajstić information content (AvgIpc) is 2.93. The number of hydrogen-bond donors (Lipinski definition) is 2. The predicted molar refractivity (Wildman–Crippen MR) is 150 cm³/mol. The van der Waals surface area contributed by atoms with Crippen LogP contribution in [0.2, 0.25) is 0 Å². The summed E-state index contributed by atoms with van der Waals surface area (Å²) in [6.45, 7) is 5.07. The molecule has 2 saturated carbocycles. The highest BCUT2D eigenvalue weighted by atomic mass is 16.6. The van der Waals surface area contributed by atoms with Crippen LogP contribution in [-0.2, 0) is 0 Å². The first-order valence-corrected chi connectivity index (χ1v) is 14.4. The molecule has 2 aliphatic carbocycles. The largest absolute Gasteiger partial charge is 0.494 e. The van der Waals surface area contributed by atoms with Gasteiger partial charge in [0, 0.05) is 12.1 Å². The van der Waals surface area contributed by atoms with Crippen molar-refractivity contribution in [2.24, 2.45) is 11.8 Å². The molecule has 2 fully saturated rings. The van der Waals surface area contributed by atoms with E-state index < -0.39 is 12.2 Å². The van der Waals surface area contributed by atoms with E-state index in [9.17, 15) is 9.59 Å². The summed E-state index contributed by atoms with van der Waals surface area (Å²) in [5.74, 6) is 3.94. The zero-order valence-corrected chi connectivity index (χ0v) is 23.2. The van der Waals surface area contributed by atoms with Crippen molar-refractivity contribution in [3.05, 3.63) is 48.5 Å². The van der Waals surface area contributed by atoms with Gasteiger partial charge in [-0.3, -0.25) is 0 Å². The van der Waals surface area contributed by atoms with E-state index in [-0.39, 0.29) is 12.1 Å². The fourth-order valence-corrected chi connectivity index (χ4v) is 5.70. The molecule has 2 N–H and O–H groups in total. The van der Waals surface area contributed by atoms with E-state index >= 15 is 0 Å². The number of ether oxygens (including phenoxy) is 4. The lowest BCUT2D eigenvalue weighted by Crippen LogP contribution is -2.40. The van der Waals surface area contributed by atoms with Gasteiger partial charge in [0.15, 0.2) is 0 Å². The van der Waals surface area contributed by atoms with Gasteiger partial charge in [-0.05, 0) is 132 Å². The van der Waals surface area contributed by atoms with E-state index in [1.807, 2.05) is 13.8 Å². The molecule has 0 atom stereocenters. The van der Waals surface area contributed by atoms with Gasteiger partial charge in [0.05, 0.1) is 13.2 Å². The van der Waals surface area contributed by atoms with Crippen molar-refractivity contribution in [3.8, 4) is 23.0 Å². The molecule has 0 spiro atoms. The zero-order valence-electron chi connectivity index (χ0n) is 23.2. The first-order chi connectivity index (χ1) is 19.0. The maximum atomic E-state index is 12.3. The minimum atomic E-state index is -0.394. The molecule has 0 aromatic heterocycles. The molecule has 0 unspecified atom stereocenters. The van der Waals surface area contributed by atoms with Crippen LogP contribution in [0, 0.1) is 11.8 Å². The molecule has 2 aromatic rings. The van der Waals surface area contributed by atoms with Crippen molar-refractivity contribution in [1.82, 2.24) is 10.6 Å². The first kappa shape index (κ1) is 28.6. The fourth-order valence-electron chi connectivity index (χ4n) is 5.70. The molecule has 0 saturated heterocycles. The van der Waals surface area contributed by atoms with E-state index in [4.69, 9.17) is 18.9 Å². The predicted octanol–water partition coefficient (Wildman–Crippen LogP) is 6.87. The minimum absolute atomic E-state index is 0.165. The smallest absolute Gasteiger partial charge is 0.412 e. The van der Waals surface area contributed by atoms with Gasteiger partial charge in [0.25, 0.3) is 0 Å². The Morgan fingerprint density at radius 1 is 0.590 bits per heavy atom. The van der Waals surface area contributed by atoms with Gasteiger partial charge in [0.1, 0.15) is 23.0 Å². The van der Waals surface area contributed by atoms with Gasteiger partial charge < -0.3 is 29.6 Å². The molecule has 2 amide bonds. The summed E-state index contributed by atoms with van der Waals surface area (Å²) < 4.78 is 21.7. The highest BCUT2D eigenvalue weighted by Gasteiger charge is 2.28. The van der Waals surface area contributed by atoms with Crippen LogP contribution in [0.4, 0.5) is 9.59 Å². The summed E-state index contributed by atoms with van der Waals surface area (Å²) in [6.07, 6.45) is 8.88. The number of nitrogens with one attached hydrogen (secondary N) is 2. The molecule has 212 valence electrons. The maximum absolute atomic E-state index is 12.3. The monoisotopic (exact) mass is 538 g/mol. The van der Waals surface area contributed by atoms with Crippen LogP contribution in [0.1, 0.15) is 71.6 Å². The molecule has 0 bridgehead atoms. The second-order valence-electron chi connectivity index (χ2n) is 10.5. The van der Waals surface area contributed by atoms with Gasteiger partial charge in [0.2, 0.25) is 0 Å². The molecule has 0 radical (unpaired) electrons. The number of carbonyl (C=O) groups is 2. The molecule has 4 rings (SSSR count). The third-order valence-corrected chi connectivity index (χ3v) is 7.69. The Kier molecular flexibility index (Phi) is 10.7. The Bertz CT molecular complexity index is 943. The minimum Gasteiger partial charge on any atom is -0.494 e. The van der Waals surface area contributed by atoms with Crippen molar-refractivity contribution in [2.45, 2.75) is 83.7 Å². The third-order valence-electron chi connectivity index (χ3n) is 7.69. The van der Waals surface area contributed by atoms with Crippen LogP contribution in [0.5, 0.6) is 23.0 Å². The summed E-state index contributed by atoms with van der Waals surface area (Å²) in [6, 6.07) is 14.5. The molecule has 0 aliphatic heterocycles. The third kappa shape index (κ3) is 9.37. The van der Waals surface area contributed by atoms with Gasteiger partial charge in [-0.15, -0.1) is 0 Å². The summed E-state index contributed by atoms with van der Waals surface area (Å²) in [4.78, 5) is 24.7. The number of rotatable bonds is 10. The maximum Gasteiger partial charge on any atom is 0.412 e. The summed E-state index contributed by atoms with van der Waals surface area (Å²) in [7, 11) is 0. The summed E-state index contributed by atoms with van der Waals surface area (Å²) in [5, 5.41) is 6.06. The molecular weight excluding hydrogens is 496 g/mol. The van der Waals surface area contributed by atoms with Crippen LogP contribution in [0.3, 0.4) is 0 Å². The second-order valence-corrected chi connectivity index (χ2v) is 10.5. The van der Waals surface area contributed by atoms with Crippen molar-refractivity contribution in [3.63, 3.8) is 0 Å². The molecule has 0 heterocycles. The van der Waals surface area contributed by atoms with E-state index in [0.29, 0.717) is 36.5 Å². The Hall–Kier alpha value is -3.42. The van der Waals surface area contributed by atoms with Crippen LogP contribution in [-0.4, -0.2) is 37.5 Å². The lowest BCUT2D eigenvalue weighted by atomic mass is 9.76. The highest BCUT2D eigenvalue weighted by molar-refractivity contribution is 5.71. The van der Waals surface area contributed by atoms with Crippen LogP contribution in [0.25, 0.3) is 0 Å². The van der Waals surface area contributed by atoms with Crippen molar-refractivity contribution in [1.29, 1.82) is 0 Å². The molecule has 39 heavy (non-hydrogen) atoms. The molecule has 8 nitrogen and oxygen atoms in total. The zero-order chi connectivity index (χ0) is 27.5. The standard InChI is InChI=1S/C31H42N2O6/c1-3-36-26-13-17-28(18-14-26)38-30(34)32-24-9-5-22(6-10-24)21-23-7-11-25(12-8-23)33-31(35)39-29-19-15-27(16-20-29)37-4-2/h13-20,22-25H,3-12,21H2,1-2H3,(H,32,34)(H,33,35). The van der Waals surface area contributed by atoms with Gasteiger partial charge in [-0.1, -0.05) is 0 Å². The average molecular weight is 539 g/mol. The topological polar surface area (TPSA) is 95.1 Å². The van der Waals surface area contributed by atoms with E-state index in [2.05, 4.69) is 10.6 Å². The van der Waals surface area contributed by atoms with Gasteiger partial charge in [-0.25, -0.2) is 9.59 Å². The normalized spacial score (nSPS) is 22.8. The van der Waals surface area contributed by atoms with Gasteiger partial charge >= 0.3 is 12.2 Å². The first-order valence-electron chi connectivity index (χ1n) is 14.4. The van der Waals surface area contributed by atoms with E-state index in [1.54, 1.807) is 48.5 Å². The van der Waals surface area contributed by atoms with Crippen LogP contribution in [0.15, 0.2) is 48.5 Å². The Labute approximate surface area is 231 Å². The highest BCUT2D eigenvalue weighted by Crippen LogP contribution is 2.35. The van der Waals surface area contributed by atoms with E-state index in [0.717, 1.165) is 62.9 Å². The summed E-state index contributed by atoms with van der Waals surface area (Å²) >= 11 is 0. The van der Waals surface area contributed by atoms with E-state index in [1.165, 1.54) is 6.42 Å². The lowest BCUT2D eigenvalue weighted by molar-refractivity contribution is 0.175. The Balaban J connectivity index is 1.09. The summed E-state index contributed by atoms with van der Waals surface area (Å²) in [5.41, 5.74) is 0. The Morgan fingerprint density at radius 2 is 0.923 bits per heavy atom. The fraction of sp³-hybridized carbons (Fsp3) is 0.548. The van der Waals surface area contributed by atoms with Crippen LogP contribution < -0.4 is 29.6 Å². The van der Waals surface area contributed by atoms with Crippen LogP contribution >= 0.6 is 0 Å². The molecule has 2 aliphatic rings. The van der Waals surface area contributed by atoms with Crippen molar-refractivity contribution < 1.29 is 28.5 Å². The SMILES string of the molecule is CCOc1ccc(OC(=O)NC2CCC(CC3CCC(NC(=O)Oc4ccc(OCC)cc4)CC3)CC2)cc1. The van der Waals surface area contributed by atoms with Gasteiger partial charge in [-0.2, -0.15) is 0 Å². The quantitative estimate of drug-likeness (QED) is 0.343. The number of hydrogen-bond acceptors (Lipinski definition) is 6. The number of amides is 2. The molecule has 8 heteroatoms. The number of benzene rings is 2. The number of carbonyl (C=O) groups excluding carboxylic acids is 2. The Morgan fingerprint density at radius 3 is 1.26 bits per heavy atom. The molecule has 2 aromatic carbocycles. The van der Waals surface area contributed by atoms with Crippen molar-refractivity contribution in [2.75, 3.05) is 13.2 Å². The second kappa shape index (κ2) is 14.7. The van der Waals surface area contributed by atoms with Crippen molar-refractivity contribution >= 4 is 12.2 Å². The lowest BCUT2D eigenvalue weighted by Gasteiger charge is -2.34.